The van der Waals surface area contributed by atoms with E-state index >= 15 is 0 Å². The molecule has 2 heterocycles. The molecule has 1 aromatic carbocycles. The van der Waals surface area contributed by atoms with E-state index in [1.807, 2.05) is 0 Å². The minimum atomic E-state index is -1.00. The summed E-state index contributed by atoms with van der Waals surface area (Å²) in [5.41, 5.74) is 1.19. The molecule has 1 N–H and O–H groups in total. The van der Waals surface area contributed by atoms with Gasteiger partial charge >= 0.3 is 11.9 Å². The predicted octanol–water partition coefficient (Wildman–Crippen LogP) is 2.72. The standard InChI is InChI=1S/C21H24N2O7/c1-12-17(20(24)28-3)19(15-8-4-5-9-16(15)23(26)27)18(13(2)22-12)21(25)30-11-14-7-6-10-29-14/h4-5,8-9,14,19,22H,6-7,10-11H2,1-3H3/t14-,19+/m1/s1. The van der Waals surface area contributed by atoms with Gasteiger partial charge in [0.05, 0.1) is 35.2 Å². The third kappa shape index (κ3) is 4.20. The SMILES string of the molecule is COC(=O)C1=C(C)NC(C)=C(C(=O)OC[C@H]2CCCO2)[C@H]1c1ccccc1[N+](=O)[O-]. The van der Waals surface area contributed by atoms with E-state index in [9.17, 15) is 19.7 Å². The minimum Gasteiger partial charge on any atom is -0.466 e. The Morgan fingerprint density at radius 3 is 2.47 bits per heavy atom. The van der Waals surface area contributed by atoms with E-state index in [0.29, 0.717) is 18.0 Å². The molecule has 9 heteroatoms. The molecule has 0 aliphatic carbocycles. The van der Waals surface area contributed by atoms with E-state index in [2.05, 4.69) is 5.32 Å². The number of methoxy groups -OCH3 is 1. The summed E-state index contributed by atoms with van der Waals surface area (Å²) < 4.78 is 15.9. The Balaban J connectivity index is 2.06. The number of para-hydroxylation sites is 1. The average molecular weight is 416 g/mol. The zero-order valence-corrected chi connectivity index (χ0v) is 17.1. The summed E-state index contributed by atoms with van der Waals surface area (Å²) in [6, 6.07) is 6.03. The number of esters is 2. The van der Waals surface area contributed by atoms with Crippen molar-refractivity contribution in [2.45, 2.75) is 38.7 Å². The van der Waals surface area contributed by atoms with Gasteiger partial charge in [0.1, 0.15) is 6.61 Å². The van der Waals surface area contributed by atoms with Crippen LogP contribution in [0.25, 0.3) is 0 Å². The Bertz CT molecular complexity index is 929. The molecule has 0 saturated carbocycles. The Morgan fingerprint density at radius 2 is 1.87 bits per heavy atom. The quantitative estimate of drug-likeness (QED) is 0.427. The number of nitro groups is 1. The van der Waals surface area contributed by atoms with Crippen molar-refractivity contribution in [3.05, 3.63) is 62.5 Å². The van der Waals surface area contributed by atoms with Crippen molar-refractivity contribution in [3.63, 3.8) is 0 Å². The number of hydrogen-bond acceptors (Lipinski definition) is 8. The molecule has 160 valence electrons. The second kappa shape index (κ2) is 9.08. The van der Waals surface area contributed by atoms with E-state index in [1.165, 1.54) is 25.3 Å². The number of carbonyl (C=O) groups is 2. The van der Waals surface area contributed by atoms with Crippen molar-refractivity contribution in [3.8, 4) is 0 Å². The molecule has 1 fully saturated rings. The van der Waals surface area contributed by atoms with E-state index in [4.69, 9.17) is 14.2 Å². The molecular formula is C21H24N2O7. The lowest BCUT2D eigenvalue weighted by atomic mass is 9.79. The maximum Gasteiger partial charge on any atom is 0.336 e. The number of nitrogens with one attached hydrogen (secondary N) is 1. The Kier molecular flexibility index (Phi) is 6.51. The van der Waals surface area contributed by atoms with E-state index < -0.39 is 22.8 Å². The van der Waals surface area contributed by atoms with Crippen LogP contribution in [0.4, 0.5) is 5.69 Å². The second-order valence-corrected chi connectivity index (χ2v) is 7.18. The lowest BCUT2D eigenvalue weighted by Crippen LogP contribution is -2.33. The van der Waals surface area contributed by atoms with Crippen LogP contribution in [0.1, 0.15) is 38.2 Å². The third-order valence-corrected chi connectivity index (χ3v) is 5.25. The van der Waals surface area contributed by atoms with Crippen LogP contribution < -0.4 is 5.32 Å². The van der Waals surface area contributed by atoms with Crippen molar-refractivity contribution < 1.29 is 28.7 Å². The van der Waals surface area contributed by atoms with Crippen molar-refractivity contribution in [1.82, 2.24) is 5.32 Å². The van der Waals surface area contributed by atoms with Gasteiger partial charge in [-0.15, -0.1) is 0 Å². The van der Waals surface area contributed by atoms with Crippen LogP contribution in [0.15, 0.2) is 46.8 Å². The number of benzene rings is 1. The number of nitro benzene ring substituents is 1. The third-order valence-electron chi connectivity index (χ3n) is 5.25. The molecule has 9 nitrogen and oxygen atoms in total. The first-order valence-electron chi connectivity index (χ1n) is 9.64. The highest BCUT2D eigenvalue weighted by Crippen LogP contribution is 2.42. The van der Waals surface area contributed by atoms with Gasteiger partial charge in [-0.05, 0) is 26.7 Å². The fraction of sp³-hybridized carbons (Fsp3) is 0.429. The molecule has 30 heavy (non-hydrogen) atoms. The van der Waals surface area contributed by atoms with Crippen LogP contribution in [0.5, 0.6) is 0 Å². The lowest BCUT2D eigenvalue weighted by Gasteiger charge is -2.30. The van der Waals surface area contributed by atoms with Gasteiger partial charge in [0, 0.05) is 29.6 Å². The van der Waals surface area contributed by atoms with Gasteiger partial charge in [-0.1, -0.05) is 18.2 Å². The molecule has 0 radical (unpaired) electrons. The number of allylic oxidation sites excluding steroid dienone is 2. The molecule has 0 amide bonds. The van der Waals surface area contributed by atoms with Crippen LogP contribution in [0.3, 0.4) is 0 Å². The summed E-state index contributed by atoms with van der Waals surface area (Å²) in [7, 11) is 1.22. The predicted molar refractivity (Wildman–Crippen MR) is 106 cm³/mol. The minimum absolute atomic E-state index is 0.0788. The molecule has 0 spiro atoms. The summed E-state index contributed by atoms with van der Waals surface area (Å²) in [4.78, 5) is 36.8. The van der Waals surface area contributed by atoms with Crippen LogP contribution in [0, 0.1) is 10.1 Å². The van der Waals surface area contributed by atoms with E-state index in [1.54, 1.807) is 19.9 Å². The summed E-state index contributed by atoms with van der Waals surface area (Å²) in [6.45, 7) is 4.03. The van der Waals surface area contributed by atoms with Crippen LogP contribution in [-0.2, 0) is 23.8 Å². The summed E-state index contributed by atoms with van der Waals surface area (Å²) in [5, 5.41) is 14.7. The molecule has 1 saturated heterocycles. The van der Waals surface area contributed by atoms with Crippen molar-refractivity contribution in [2.75, 3.05) is 20.3 Å². The van der Waals surface area contributed by atoms with Gasteiger partial charge in [-0.3, -0.25) is 10.1 Å². The topological polar surface area (TPSA) is 117 Å². The van der Waals surface area contributed by atoms with Gasteiger partial charge in [0.15, 0.2) is 0 Å². The normalized spacial score (nSPS) is 21.3. The second-order valence-electron chi connectivity index (χ2n) is 7.18. The molecule has 3 rings (SSSR count). The molecule has 0 aromatic heterocycles. The van der Waals surface area contributed by atoms with Crippen LogP contribution in [0.2, 0.25) is 0 Å². The highest BCUT2D eigenvalue weighted by molar-refractivity contribution is 6.00. The Morgan fingerprint density at radius 1 is 1.20 bits per heavy atom. The first-order valence-corrected chi connectivity index (χ1v) is 9.64. The zero-order chi connectivity index (χ0) is 21.8. The van der Waals surface area contributed by atoms with Gasteiger partial charge in [-0.2, -0.15) is 0 Å². The molecule has 2 aliphatic heterocycles. The van der Waals surface area contributed by atoms with Gasteiger partial charge in [0.2, 0.25) is 0 Å². The van der Waals surface area contributed by atoms with Crippen molar-refractivity contribution in [1.29, 1.82) is 0 Å². The number of rotatable bonds is 6. The molecule has 2 aliphatic rings. The molecule has 2 atom stereocenters. The fourth-order valence-electron chi connectivity index (χ4n) is 3.88. The van der Waals surface area contributed by atoms with Gasteiger partial charge in [-0.25, -0.2) is 9.59 Å². The Labute approximate surface area is 173 Å². The highest BCUT2D eigenvalue weighted by atomic mass is 16.6. The lowest BCUT2D eigenvalue weighted by molar-refractivity contribution is -0.385. The molecule has 0 bridgehead atoms. The summed E-state index contributed by atoms with van der Waals surface area (Å²) >= 11 is 0. The average Bonchev–Trinajstić information content (AvgIpc) is 3.24. The van der Waals surface area contributed by atoms with Gasteiger partial charge in [0.25, 0.3) is 5.69 Å². The maximum atomic E-state index is 13.1. The van der Waals surface area contributed by atoms with Crippen molar-refractivity contribution >= 4 is 17.6 Å². The van der Waals surface area contributed by atoms with E-state index in [-0.39, 0.29) is 35.1 Å². The van der Waals surface area contributed by atoms with E-state index in [0.717, 1.165) is 12.8 Å². The first-order chi connectivity index (χ1) is 14.3. The number of hydrogen-bond donors (Lipinski definition) is 1. The summed E-state index contributed by atoms with van der Waals surface area (Å²) in [6.07, 6.45) is 1.52. The molecule has 0 unspecified atom stereocenters. The van der Waals surface area contributed by atoms with Gasteiger partial charge < -0.3 is 19.5 Å². The fourth-order valence-corrected chi connectivity index (χ4v) is 3.88. The van der Waals surface area contributed by atoms with Crippen LogP contribution in [-0.4, -0.2) is 43.3 Å². The maximum absolute atomic E-state index is 13.1. The number of ether oxygens (including phenoxy) is 3. The highest BCUT2D eigenvalue weighted by Gasteiger charge is 2.40. The number of nitrogens with zero attached hydrogens (tertiary/aromatic N) is 1. The molecule has 1 aromatic rings. The molecular weight excluding hydrogens is 392 g/mol. The Hall–Kier alpha value is -3.20. The smallest absolute Gasteiger partial charge is 0.336 e. The largest absolute Gasteiger partial charge is 0.466 e. The number of carbonyl (C=O) groups excluding carboxylic acids is 2. The van der Waals surface area contributed by atoms with Crippen molar-refractivity contribution in [2.24, 2.45) is 0 Å². The number of dihydropyridines is 1. The first kappa shape index (κ1) is 21.5. The summed E-state index contributed by atoms with van der Waals surface area (Å²) in [5.74, 6) is -2.34. The monoisotopic (exact) mass is 416 g/mol. The zero-order valence-electron chi connectivity index (χ0n) is 17.1. The van der Waals surface area contributed by atoms with Crippen LogP contribution >= 0.6 is 0 Å².